The molecule has 1 heterocycles. The number of unbranched alkanes of at least 4 members (excludes halogenated alkanes) is 41. The van der Waals surface area contributed by atoms with E-state index in [0.717, 1.165) is 38.5 Å². The number of hydrogen-bond donors (Lipinski definition) is 6. The number of aliphatic hydroxyl groups is 5. The van der Waals surface area contributed by atoms with Gasteiger partial charge in [0.05, 0.1) is 25.4 Å². The minimum Gasteiger partial charge on any atom is -0.394 e. The van der Waals surface area contributed by atoms with Gasteiger partial charge in [-0.05, 0) is 12.8 Å². The van der Waals surface area contributed by atoms with Crippen LogP contribution in [0.2, 0.25) is 0 Å². The number of carbonyl (C=O) groups is 1. The molecule has 0 aromatic heterocycles. The Bertz CT molecular complexity index is 1000. The van der Waals surface area contributed by atoms with Crippen molar-refractivity contribution in [2.45, 2.75) is 346 Å². The molecule has 0 spiro atoms. The lowest BCUT2D eigenvalue weighted by Gasteiger charge is -2.40. The van der Waals surface area contributed by atoms with Crippen molar-refractivity contribution in [2.75, 3.05) is 13.2 Å². The first-order valence-electron chi connectivity index (χ1n) is 29.2. The molecule has 9 nitrogen and oxygen atoms in total. The highest BCUT2D eigenvalue weighted by Crippen LogP contribution is 2.23. The van der Waals surface area contributed by atoms with Crippen molar-refractivity contribution in [1.29, 1.82) is 0 Å². The molecule has 1 rings (SSSR count). The maximum Gasteiger partial charge on any atom is 0.220 e. The van der Waals surface area contributed by atoms with Crippen LogP contribution in [0.15, 0.2) is 0 Å². The summed E-state index contributed by atoms with van der Waals surface area (Å²) in [5, 5.41) is 54.6. The molecule has 0 radical (unpaired) electrons. The molecule has 0 aromatic rings. The van der Waals surface area contributed by atoms with Crippen molar-refractivity contribution in [3.05, 3.63) is 0 Å². The summed E-state index contributed by atoms with van der Waals surface area (Å²) in [7, 11) is 0. The van der Waals surface area contributed by atoms with Crippen molar-refractivity contribution < 1.29 is 39.8 Å². The molecule has 6 N–H and O–H groups in total. The van der Waals surface area contributed by atoms with E-state index in [1.54, 1.807) is 0 Å². The van der Waals surface area contributed by atoms with Gasteiger partial charge in [-0.1, -0.05) is 284 Å². The molecule has 0 bridgehead atoms. The maximum atomic E-state index is 13.1. The van der Waals surface area contributed by atoms with E-state index < -0.39 is 49.5 Å². The Kier molecular flexibility index (Phi) is 45.8. The lowest BCUT2D eigenvalue weighted by atomic mass is 9.99. The minimum atomic E-state index is -1.55. The van der Waals surface area contributed by atoms with E-state index >= 15 is 0 Å². The highest BCUT2D eigenvalue weighted by molar-refractivity contribution is 5.76. The van der Waals surface area contributed by atoms with E-state index in [1.165, 1.54) is 238 Å². The zero-order valence-corrected chi connectivity index (χ0v) is 43.7. The Labute approximate surface area is 408 Å². The third-order valence-electron chi connectivity index (χ3n) is 14.5. The lowest BCUT2D eigenvalue weighted by molar-refractivity contribution is -0.302. The molecule has 1 amide bonds. The predicted molar refractivity (Wildman–Crippen MR) is 277 cm³/mol. The normalized spacial score (nSPS) is 19.7. The van der Waals surface area contributed by atoms with Gasteiger partial charge in [0.25, 0.3) is 0 Å². The average Bonchev–Trinajstić information content (AvgIpc) is 3.32. The number of amides is 1. The van der Waals surface area contributed by atoms with Gasteiger partial charge in [0.1, 0.15) is 24.4 Å². The van der Waals surface area contributed by atoms with Gasteiger partial charge in [0.15, 0.2) is 6.29 Å². The van der Waals surface area contributed by atoms with Crippen molar-refractivity contribution in [3.63, 3.8) is 0 Å². The Morgan fingerprint density at radius 2 is 0.758 bits per heavy atom. The second-order valence-corrected chi connectivity index (χ2v) is 20.8. The number of rotatable bonds is 51. The van der Waals surface area contributed by atoms with Gasteiger partial charge in [0, 0.05) is 6.42 Å². The Hall–Kier alpha value is -0.810. The first-order valence-corrected chi connectivity index (χ1v) is 29.2. The summed E-state index contributed by atoms with van der Waals surface area (Å²) in [6.45, 7) is 3.88. The lowest BCUT2D eigenvalue weighted by Crippen LogP contribution is -2.60. The highest BCUT2D eigenvalue weighted by Gasteiger charge is 2.44. The van der Waals surface area contributed by atoms with Gasteiger partial charge in [-0.2, -0.15) is 0 Å². The van der Waals surface area contributed by atoms with E-state index in [-0.39, 0.29) is 12.5 Å². The highest BCUT2D eigenvalue weighted by atomic mass is 16.7. The fraction of sp³-hybridized carbons (Fsp3) is 0.982. The summed E-state index contributed by atoms with van der Waals surface area (Å²) in [4.78, 5) is 13.1. The first kappa shape index (κ1) is 63.2. The molecule has 7 atom stereocenters. The molecule has 0 saturated carbocycles. The van der Waals surface area contributed by atoms with Crippen LogP contribution in [0.1, 0.15) is 303 Å². The summed E-state index contributed by atoms with van der Waals surface area (Å²) in [6.07, 6.45) is 49.9. The molecule has 0 aromatic carbocycles. The smallest absolute Gasteiger partial charge is 0.220 e. The molecular formula is C57H113NO8. The van der Waals surface area contributed by atoms with Crippen LogP contribution in [0.3, 0.4) is 0 Å². The van der Waals surface area contributed by atoms with E-state index in [9.17, 15) is 30.3 Å². The number of nitrogens with one attached hydrogen (secondary N) is 1. The van der Waals surface area contributed by atoms with Crippen LogP contribution in [0.5, 0.6) is 0 Å². The summed E-state index contributed by atoms with van der Waals surface area (Å²) >= 11 is 0. The summed E-state index contributed by atoms with van der Waals surface area (Å²) < 4.78 is 11.3. The van der Waals surface area contributed by atoms with Gasteiger partial charge >= 0.3 is 0 Å². The number of ether oxygens (including phenoxy) is 2. The van der Waals surface area contributed by atoms with Gasteiger partial charge in [-0.25, -0.2) is 0 Å². The monoisotopic (exact) mass is 940 g/mol. The molecule has 1 aliphatic heterocycles. The second-order valence-electron chi connectivity index (χ2n) is 20.8. The SMILES string of the molecule is CCCCCCCCCCCCCCCCCCCCCCCCCCCCCC(=O)N[C@@H](CO[C@@H]1O[C@H](CO)[C@H](O)C(O)C1O)[C@H](O)CCCCCCCCCCCCCCCCCC. The maximum absolute atomic E-state index is 13.1. The third-order valence-corrected chi connectivity index (χ3v) is 14.5. The van der Waals surface area contributed by atoms with Crippen molar-refractivity contribution in [2.24, 2.45) is 0 Å². The number of aliphatic hydroxyl groups excluding tert-OH is 5. The van der Waals surface area contributed by atoms with Crippen LogP contribution in [-0.4, -0.2) is 87.5 Å². The molecule has 2 unspecified atom stereocenters. The van der Waals surface area contributed by atoms with Gasteiger partial charge in [-0.3, -0.25) is 4.79 Å². The fourth-order valence-corrected chi connectivity index (χ4v) is 9.81. The van der Waals surface area contributed by atoms with Crippen molar-refractivity contribution in [3.8, 4) is 0 Å². The predicted octanol–water partition coefficient (Wildman–Crippen LogP) is 14.2. The zero-order valence-electron chi connectivity index (χ0n) is 43.7. The zero-order chi connectivity index (χ0) is 48.0. The standard InChI is InChI=1S/C57H113NO8/c1-3-5-7-9-11-13-15-17-19-21-22-23-24-25-26-27-28-29-30-31-33-35-37-39-41-43-45-47-53(61)58-50(49-65-57-56(64)55(63)54(62)52(48-59)66-57)51(60)46-44-42-40-38-36-34-32-20-18-16-14-12-10-8-6-4-2/h50-52,54-57,59-60,62-64H,3-49H2,1-2H3,(H,58,61)/t50-,51+,52+,54-,55?,56?,57+/m0/s1. The van der Waals surface area contributed by atoms with Crippen LogP contribution in [0, 0.1) is 0 Å². The Balaban J connectivity index is 2.15. The second kappa shape index (κ2) is 47.8. The fourth-order valence-electron chi connectivity index (χ4n) is 9.81. The number of hydrogen-bond acceptors (Lipinski definition) is 8. The third kappa shape index (κ3) is 37.1. The van der Waals surface area contributed by atoms with Gasteiger partial charge in [0.2, 0.25) is 5.91 Å². The van der Waals surface area contributed by atoms with Crippen LogP contribution in [0.4, 0.5) is 0 Å². The Morgan fingerprint density at radius 3 is 1.08 bits per heavy atom. The molecule has 66 heavy (non-hydrogen) atoms. The molecule has 394 valence electrons. The molecule has 0 aliphatic carbocycles. The quantitative estimate of drug-likeness (QED) is 0.0330. The summed E-state index contributed by atoms with van der Waals surface area (Å²) in [5.41, 5.74) is 0. The molecular weight excluding hydrogens is 827 g/mol. The Morgan fingerprint density at radius 1 is 0.455 bits per heavy atom. The molecule has 1 saturated heterocycles. The van der Waals surface area contributed by atoms with Crippen LogP contribution < -0.4 is 5.32 Å². The van der Waals surface area contributed by atoms with E-state index in [4.69, 9.17) is 9.47 Å². The van der Waals surface area contributed by atoms with Crippen molar-refractivity contribution >= 4 is 5.91 Å². The van der Waals surface area contributed by atoms with Crippen LogP contribution in [0.25, 0.3) is 0 Å². The van der Waals surface area contributed by atoms with Gasteiger partial charge < -0.3 is 40.3 Å². The van der Waals surface area contributed by atoms with Gasteiger partial charge in [-0.15, -0.1) is 0 Å². The van der Waals surface area contributed by atoms with Crippen molar-refractivity contribution in [1.82, 2.24) is 5.32 Å². The minimum absolute atomic E-state index is 0.131. The molecule has 1 fully saturated rings. The number of carbonyl (C=O) groups excluding carboxylic acids is 1. The van der Waals surface area contributed by atoms with E-state index in [2.05, 4.69) is 19.2 Å². The summed E-state index contributed by atoms with van der Waals surface area (Å²) in [5.74, 6) is -0.136. The summed E-state index contributed by atoms with van der Waals surface area (Å²) in [6, 6.07) is -0.713. The van der Waals surface area contributed by atoms with Crippen LogP contribution in [-0.2, 0) is 14.3 Å². The molecule has 1 aliphatic rings. The molecule has 9 heteroatoms. The topological polar surface area (TPSA) is 149 Å². The first-order chi connectivity index (χ1) is 32.3. The van der Waals surface area contributed by atoms with Crippen LogP contribution >= 0.6 is 0 Å². The van der Waals surface area contributed by atoms with E-state index in [1.807, 2.05) is 0 Å². The average molecular weight is 941 g/mol. The van der Waals surface area contributed by atoms with E-state index in [0.29, 0.717) is 12.8 Å². The largest absolute Gasteiger partial charge is 0.394 e.